The van der Waals surface area contributed by atoms with E-state index in [1.807, 2.05) is 0 Å². The molecule has 0 aliphatic heterocycles. The fraction of sp³-hybridized carbons (Fsp3) is 0.533. The molecule has 1 aliphatic rings. The monoisotopic (exact) mass is 292 g/mol. The predicted molar refractivity (Wildman–Crippen MR) is 80.9 cm³/mol. The molecule has 5 heteroatoms. The lowest BCUT2D eigenvalue weighted by Gasteiger charge is -2.24. The van der Waals surface area contributed by atoms with Gasteiger partial charge in [-0.25, -0.2) is 0 Å². The van der Waals surface area contributed by atoms with Gasteiger partial charge in [0.2, 0.25) is 0 Å². The van der Waals surface area contributed by atoms with Crippen LogP contribution in [0.15, 0.2) is 11.4 Å². The Morgan fingerprint density at radius 2 is 2.40 bits per heavy atom. The molecule has 0 saturated heterocycles. The van der Waals surface area contributed by atoms with Crippen molar-refractivity contribution in [2.45, 2.75) is 31.8 Å². The van der Waals surface area contributed by atoms with Gasteiger partial charge < -0.3 is 10.4 Å². The molecule has 2 rings (SSSR count). The van der Waals surface area contributed by atoms with Crippen LogP contribution in [-0.4, -0.2) is 48.2 Å². The fourth-order valence-corrected chi connectivity index (χ4v) is 2.73. The second-order valence-electron chi connectivity index (χ2n) is 5.12. The zero-order chi connectivity index (χ0) is 14.5. The van der Waals surface area contributed by atoms with Crippen molar-refractivity contribution in [3.8, 4) is 11.8 Å². The SMILES string of the molecule is CC(CNC(=O)c1csc(C#CCO)c1)N(C)C1CC1. The number of hydrogen-bond donors (Lipinski definition) is 2. The normalized spacial score (nSPS) is 15.6. The standard InChI is InChI=1S/C15H20N2O2S/c1-11(17(2)13-5-6-13)9-16-15(19)12-8-14(20-10-12)4-3-7-18/h8,10-11,13,18H,5-7,9H2,1-2H3,(H,16,19). The highest BCUT2D eigenvalue weighted by Crippen LogP contribution is 2.26. The van der Waals surface area contributed by atoms with Crippen LogP contribution in [0.3, 0.4) is 0 Å². The van der Waals surface area contributed by atoms with Crippen LogP contribution in [0.4, 0.5) is 0 Å². The van der Waals surface area contributed by atoms with Crippen LogP contribution in [-0.2, 0) is 0 Å². The molecule has 0 radical (unpaired) electrons. The van der Waals surface area contributed by atoms with Crippen LogP contribution >= 0.6 is 11.3 Å². The van der Waals surface area contributed by atoms with E-state index < -0.39 is 0 Å². The van der Waals surface area contributed by atoms with Crippen molar-refractivity contribution < 1.29 is 9.90 Å². The maximum absolute atomic E-state index is 12.0. The lowest BCUT2D eigenvalue weighted by molar-refractivity contribution is 0.0940. The lowest BCUT2D eigenvalue weighted by Crippen LogP contribution is -2.41. The van der Waals surface area contributed by atoms with Gasteiger partial charge >= 0.3 is 0 Å². The van der Waals surface area contributed by atoms with Crippen molar-refractivity contribution in [3.05, 3.63) is 21.9 Å². The predicted octanol–water partition coefficient (Wildman–Crippen LogP) is 1.30. The molecule has 1 aromatic heterocycles. The van der Waals surface area contributed by atoms with Gasteiger partial charge in [0.15, 0.2) is 0 Å². The first kappa shape index (κ1) is 15.0. The Balaban J connectivity index is 1.83. The summed E-state index contributed by atoms with van der Waals surface area (Å²) in [6.45, 7) is 2.62. The van der Waals surface area contributed by atoms with Crippen molar-refractivity contribution in [2.24, 2.45) is 0 Å². The van der Waals surface area contributed by atoms with Crippen LogP contribution in [0.25, 0.3) is 0 Å². The van der Waals surface area contributed by atoms with Crippen LogP contribution < -0.4 is 5.32 Å². The van der Waals surface area contributed by atoms with Gasteiger partial charge in [-0.3, -0.25) is 9.69 Å². The third kappa shape index (κ3) is 4.07. The van der Waals surface area contributed by atoms with Crippen LogP contribution in [0, 0.1) is 11.8 Å². The molecule has 1 amide bonds. The second kappa shape index (κ2) is 6.89. The summed E-state index contributed by atoms with van der Waals surface area (Å²) in [4.78, 5) is 15.1. The first-order valence-corrected chi connectivity index (χ1v) is 7.68. The summed E-state index contributed by atoms with van der Waals surface area (Å²) in [6.07, 6.45) is 2.54. The number of carbonyl (C=O) groups excluding carboxylic acids is 1. The molecule has 1 fully saturated rings. The van der Waals surface area contributed by atoms with Crippen molar-refractivity contribution >= 4 is 17.2 Å². The molecule has 1 saturated carbocycles. The van der Waals surface area contributed by atoms with Crippen molar-refractivity contribution in [2.75, 3.05) is 20.2 Å². The smallest absolute Gasteiger partial charge is 0.252 e. The summed E-state index contributed by atoms with van der Waals surface area (Å²) in [5.74, 6) is 5.32. The van der Waals surface area contributed by atoms with Gasteiger partial charge in [0.1, 0.15) is 6.61 Å². The largest absolute Gasteiger partial charge is 0.384 e. The van der Waals surface area contributed by atoms with Crippen LogP contribution in [0.2, 0.25) is 0 Å². The third-order valence-corrected chi connectivity index (χ3v) is 4.37. The number of rotatable bonds is 5. The number of likely N-dealkylation sites (N-methyl/N-ethyl adjacent to an activating group) is 1. The fourth-order valence-electron chi connectivity index (χ4n) is 1.98. The molecule has 0 aromatic carbocycles. The Labute approximate surface area is 123 Å². The van der Waals surface area contributed by atoms with E-state index in [1.165, 1.54) is 24.2 Å². The van der Waals surface area contributed by atoms with Gasteiger partial charge in [-0.05, 0) is 32.9 Å². The van der Waals surface area contributed by atoms with Gasteiger partial charge in [0.05, 0.1) is 10.4 Å². The number of nitrogens with one attached hydrogen (secondary N) is 1. The molecular weight excluding hydrogens is 272 g/mol. The summed E-state index contributed by atoms with van der Waals surface area (Å²) in [7, 11) is 2.11. The third-order valence-electron chi connectivity index (χ3n) is 3.53. The number of aliphatic hydroxyl groups excluding tert-OH is 1. The number of carbonyl (C=O) groups is 1. The van der Waals surface area contributed by atoms with E-state index in [0.717, 1.165) is 4.88 Å². The van der Waals surface area contributed by atoms with Gasteiger partial charge in [0, 0.05) is 24.0 Å². The quantitative estimate of drug-likeness (QED) is 0.805. The molecule has 1 atom stereocenters. The van der Waals surface area contributed by atoms with Gasteiger partial charge in [-0.1, -0.05) is 11.8 Å². The molecule has 4 nitrogen and oxygen atoms in total. The number of amides is 1. The highest BCUT2D eigenvalue weighted by Gasteiger charge is 2.29. The first-order valence-electron chi connectivity index (χ1n) is 6.80. The maximum Gasteiger partial charge on any atom is 0.252 e. The summed E-state index contributed by atoms with van der Waals surface area (Å²) < 4.78 is 0. The molecule has 108 valence electrons. The van der Waals surface area contributed by atoms with E-state index in [-0.39, 0.29) is 12.5 Å². The van der Waals surface area contributed by atoms with Crippen LogP contribution in [0.1, 0.15) is 35.0 Å². The van der Waals surface area contributed by atoms with Crippen LogP contribution in [0.5, 0.6) is 0 Å². The average Bonchev–Trinajstić information content (AvgIpc) is 3.19. The summed E-state index contributed by atoms with van der Waals surface area (Å²) in [5, 5.41) is 13.4. The van der Waals surface area contributed by atoms with Gasteiger partial charge in [0.25, 0.3) is 5.91 Å². The maximum atomic E-state index is 12.0. The lowest BCUT2D eigenvalue weighted by atomic mass is 10.2. The molecule has 0 spiro atoms. The topological polar surface area (TPSA) is 52.6 Å². The number of hydrogen-bond acceptors (Lipinski definition) is 4. The summed E-state index contributed by atoms with van der Waals surface area (Å²) in [5.41, 5.74) is 0.638. The summed E-state index contributed by atoms with van der Waals surface area (Å²) in [6, 6.07) is 2.81. The van der Waals surface area contributed by atoms with E-state index in [0.29, 0.717) is 24.2 Å². The Hall–Kier alpha value is -1.35. The molecule has 2 N–H and O–H groups in total. The zero-order valence-corrected chi connectivity index (χ0v) is 12.7. The second-order valence-corrected chi connectivity index (χ2v) is 6.03. The van der Waals surface area contributed by atoms with E-state index in [4.69, 9.17) is 5.11 Å². The van der Waals surface area contributed by atoms with E-state index in [9.17, 15) is 4.79 Å². The summed E-state index contributed by atoms with van der Waals surface area (Å²) >= 11 is 1.42. The highest BCUT2D eigenvalue weighted by atomic mass is 32.1. The van der Waals surface area contributed by atoms with E-state index >= 15 is 0 Å². The van der Waals surface area contributed by atoms with Gasteiger partial charge in [-0.15, -0.1) is 11.3 Å². The molecule has 1 aromatic rings. The molecule has 1 aliphatic carbocycles. The minimum Gasteiger partial charge on any atom is -0.384 e. The van der Waals surface area contributed by atoms with E-state index in [2.05, 4.69) is 36.0 Å². The van der Waals surface area contributed by atoms with Gasteiger partial charge in [-0.2, -0.15) is 0 Å². The Morgan fingerprint density at radius 1 is 1.65 bits per heavy atom. The van der Waals surface area contributed by atoms with E-state index in [1.54, 1.807) is 11.4 Å². The Morgan fingerprint density at radius 3 is 3.05 bits per heavy atom. The molecule has 1 heterocycles. The zero-order valence-electron chi connectivity index (χ0n) is 11.8. The van der Waals surface area contributed by atoms with Crippen molar-refractivity contribution in [1.82, 2.24) is 10.2 Å². The highest BCUT2D eigenvalue weighted by molar-refractivity contribution is 7.10. The molecular formula is C15H20N2O2S. The molecule has 1 unspecified atom stereocenters. The average molecular weight is 292 g/mol. The number of thiophene rings is 1. The Bertz CT molecular complexity index is 525. The molecule has 20 heavy (non-hydrogen) atoms. The molecule has 0 bridgehead atoms. The number of aliphatic hydroxyl groups is 1. The van der Waals surface area contributed by atoms with Crippen molar-refractivity contribution in [3.63, 3.8) is 0 Å². The Kier molecular flexibility index (Phi) is 5.18. The number of nitrogens with zero attached hydrogens (tertiary/aromatic N) is 1. The minimum absolute atomic E-state index is 0.0608. The van der Waals surface area contributed by atoms with Crippen molar-refractivity contribution in [1.29, 1.82) is 0 Å². The minimum atomic E-state index is -0.162. The first-order chi connectivity index (χ1) is 9.61.